The zero-order valence-electron chi connectivity index (χ0n) is 11.0. The van der Waals surface area contributed by atoms with Crippen LogP contribution in [0.4, 0.5) is 0 Å². The van der Waals surface area contributed by atoms with Crippen molar-refractivity contribution in [3.63, 3.8) is 0 Å². The number of nitrogens with zero attached hydrogens (tertiary/aromatic N) is 1. The summed E-state index contributed by atoms with van der Waals surface area (Å²) in [5, 5.41) is 1.12. The summed E-state index contributed by atoms with van der Waals surface area (Å²) in [7, 11) is 4.42. The molecule has 5 heteroatoms. The van der Waals surface area contributed by atoms with Crippen LogP contribution in [0.3, 0.4) is 0 Å². The van der Waals surface area contributed by atoms with Gasteiger partial charge < -0.3 is 10.5 Å². The Morgan fingerprint density at radius 1 is 1.33 bits per heavy atom. The summed E-state index contributed by atoms with van der Waals surface area (Å²) in [6.07, 6.45) is -0.141. The van der Waals surface area contributed by atoms with Crippen LogP contribution < -0.4 is 5.73 Å². The van der Waals surface area contributed by atoms with Gasteiger partial charge in [0.05, 0.1) is 7.11 Å². The molecule has 0 fully saturated rings. The molecule has 18 heavy (non-hydrogen) atoms. The van der Waals surface area contributed by atoms with Gasteiger partial charge in [0.1, 0.15) is 0 Å². The molecule has 0 aliphatic rings. The summed E-state index contributed by atoms with van der Waals surface area (Å²) >= 11 is 0. The van der Waals surface area contributed by atoms with E-state index in [1.165, 1.54) is 21.3 Å². The van der Waals surface area contributed by atoms with Crippen LogP contribution in [-0.4, -0.2) is 44.4 Å². The van der Waals surface area contributed by atoms with Gasteiger partial charge in [0.25, 0.3) is 5.91 Å². The number of carbonyl (C=O) groups excluding carboxylic acids is 1. The van der Waals surface area contributed by atoms with Crippen LogP contribution >= 0.6 is 0 Å². The Balaban J connectivity index is 2.68. The lowest BCUT2D eigenvalue weighted by molar-refractivity contribution is -0.180. The van der Waals surface area contributed by atoms with Gasteiger partial charge in [-0.25, -0.2) is 5.06 Å². The number of benzene rings is 1. The molecule has 0 aliphatic heterocycles. The number of hydrogen-bond acceptors (Lipinski definition) is 4. The molecule has 2 N–H and O–H groups in total. The topological polar surface area (TPSA) is 64.8 Å². The molecule has 0 saturated heterocycles. The standard InChI is InChI=1S/C13H20N2O3/c1-15(18-3)13(16)12(17-2)11(14)9-10-7-5-4-6-8-10/h4-8,11-12H,9,14H2,1-3H3/t11-,12+/m0/s1. The highest BCUT2D eigenvalue weighted by Crippen LogP contribution is 2.08. The minimum absolute atomic E-state index is 0.288. The SMILES string of the molecule is CO[C@@H](C(=O)N(C)OC)[C@@H](N)Cc1ccccc1. The van der Waals surface area contributed by atoms with Gasteiger partial charge in [0.15, 0.2) is 6.10 Å². The van der Waals surface area contributed by atoms with Crippen molar-refractivity contribution in [1.29, 1.82) is 0 Å². The van der Waals surface area contributed by atoms with E-state index >= 15 is 0 Å². The molecule has 2 atom stereocenters. The first kappa shape index (κ1) is 14.6. The molecule has 0 heterocycles. The molecular weight excluding hydrogens is 232 g/mol. The lowest BCUT2D eigenvalue weighted by Gasteiger charge is -2.25. The Bertz CT molecular complexity index is 370. The van der Waals surface area contributed by atoms with E-state index in [2.05, 4.69) is 0 Å². The van der Waals surface area contributed by atoms with E-state index in [-0.39, 0.29) is 5.91 Å². The first-order valence-electron chi connectivity index (χ1n) is 5.74. The number of nitrogens with two attached hydrogens (primary N) is 1. The van der Waals surface area contributed by atoms with Crippen molar-refractivity contribution in [3.8, 4) is 0 Å². The Kier molecular flexibility index (Phi) is 5.77. The summed E-state index contributed by atoms with van der Waals surface area (Å²) in [6.45, 7) is 0. The molecule has 1 aromatic rings. The molecular formula is C13H20N2O3. The van der Waals surface area contributed by atoms with Crippen molar-refractivity contribution < 1.29 is 14.4 Å². The normalized spacial score (nSPS) is 14.0. The highest BCUT2D eigenvalue weighted by Gasteiger charge is 2.28. The number of amides is 1. The molecule has 0 radical (unpaired) electrons. The van der Waals surface area contributed by atoms with Crippen molar-refractivity contribution in [2.75, 3.05) is 21.3 Å². The smallest absolute Gasteiger partial charge is 0.276 e. The molecule has 1 rings (SSSR count). The minimum atomic E-state index is -0.713. The fourth-order valence-corrected chi connectivity index (χ4v) is 1.72. The maximum Gasteiger partial charge on any atom is 0.276 e. The number of rotatable bonds is 6. The maximum atomic E-state index is 11.9. The van der Waals surface area contributed by atoms with Crippen molar-refractivity contribution in [2.24, 2.45) is 5.73 Å². The molecule has 0 spiro atoms. The number of methoxy groups -OCH3 is 1. The quantitative estimate of drug-likeness (QED) is 0.753. The zero-order chi connectivity index (χ0) is 13.5. The average molecular weight is 252 g/mol. The molecule has 0 bridgehead atoms. The Hall–Kier alpha value is -1.43. The van der Waals surface area contributed by atoms with Crippen molar-refractivity contribution in [2.45, 2.75) is 18.6 Å². The first-order valence-corrected chi connectivity index (χ1v) is 5.74. The monoisotopic (exact) mass is 252 g/mol. The van der Waals surface area contributed by atoms with Crippen LogP contribution in [-0.2, 0) is 20.8 Å². The van der Waals surface area contributed by atoms with Gasteiger partial charge in [-0.2, -0.15) is 0 Å². The van der Waals surface area contributed by atoms with Crippen LogP contribution in [0.25, 0.3) is 0 Å². The van der Waals surface area contributed by atoms with E-state index < -0.39 is 12.1 Å². The Labute approximate surface area is 107 Å². The van der Waals surface area contributed by atoms with E-state index in [0.29, 0.717) is 6.42 Å². The van der Waals surface area contributed by atoms with Crippen molar-refractivity contribution in [3.05, 3.63) is 35.9 Å². The molecule has 0 unspecified atom stereocenters. The largest absolute Gasteiger partial charge is 0.370 e. The highest BCUT2D eigenvalue weighted by molar-refractivity contribution is 5.80. The van der Waals surface area contributed by atoms with Crippen LogP contribution in [0, 0.1) is 0 Å². The van der Waals surface area contributed by atoms with E-state index in [4.69, 9.17) is 15.3 Å². The van der Waals surface area contributed by atoms with E-state index in [9.17, 15) is 4.79 Å². The number of ether oxygens (including phenoxy) is 1. The number of carbonyl (C=O) groups is 1. The Morgan fingerprint density at radius 3 is 2.44 bits per heavy atom. The molecule has 100 valence electrons. The summed E-state index contributed by atoms with van der Waals surface area (Å²) in [4.78, 5) is 16.8. The fraction of sp³-hybridized carbons (Fsp3) is 0.462. The predicted molar refractivity (Wildman–Crippen MR) is 68.7 cm³/mol. The second-order valence-electron chi connectivity index (χ2n) is 4.03. The summed E-state index contributed by atoms with van der Waals surface area (Å²) in [5.74, 6) is -0.288. The van der Waals surface area contributed by atoms with Crippen LogP contribution in [0.15, 0.2) is 30.3 Å². The molecule has 1 amide bonds. The van der Waals surface area contributed by atoms with Gasteiger partial charge in [-0.05, 0) is 12.0 Å². The second kappa shape index (κ2) is 7.10. The lowest BCUT2D eigenvalue weighted by Crippen LogP contribution is -2.48. The third-order valence-corrected chi connectivity index (χ3v) is 2.78. The fourth-order valence-electron chi connectivity index (χ4n) is 1.72. The average Bonchev–Trinajstić information content (AvgIpc) is 2.39. The van der Waals surface area contributed by atoms with Crippen molar-refractivity contribution in [1.82, 2.24) is 5.06 Å². The molecule has 1 aromatic carbocycles. The minimum Gasteiger partial charge on any atom is -0.370 e. The number of likely N-dealkylation sites (N-methyl/N-ethyl adjacent to an activating group) is 1. The van der Waals surface area contributed by atoms with Crippen LogP contribution in [0.1, 0.15) is 5.56 Å². The summed E-state index contributed by atoms with van der Waals surface area (Å²) < 4.78 is 5.17. The molecule has 0 aromatic heterocycles. The third kappa shape index (κ3) is 3.80. The van der Waals surface area contributed by atoms with E-state index in [1.54, 1.807) is 0 Å². The van der Waals surface area contributed by atoms with Gasteiger partial charge in [0, 0.05) is 20.2 Å². The summed E-state index contributed by atoms with van der Waals surface area (Å²) in [6, 6.07) is 9.34. The van der Waals surface area contributed by atoms with Gasteiger partial charge in [-0.3, -0.25) is 9.63 Å². The third-order valence-electron chi connectivity index (χ3n) is 2.78. The van der Waals surface area contributed by atoms with Crippen LogP contribution in [0.2, 0.25) is 0 Å². The van der Waals surface area contributed by atoms with Gasteiger partial charge in [0.2, 0.25) is 0 Å². The Morgan fingerprint density at radius 2 is 1.94 bits per heavy atom. The zero-order valence-corrected chi connectivity index (χ0v) is 11.0. The lowest BCUT2D eigenvalue weighted by atomic mass is 10.0. The predicted octanol–water partition coefficient (Wildman–Crippen LogP) is 0.591. The number of hydroxylamine groups is 2. The van der Waals surface area contributed by atoms with Gasteiger partial charge in [-0.15, -0.1) is 0 Å². The van der Waals surface area contributed by atoms with Crippen LogP contribution in [0.5, 0.6) is 0 Å². The highest BCUT2D eigenvalue weighted by atomic mass is 16.7. The van der Waals surface area contributed by atoms with E-state index in [1.807, 2.05) is 30.3 Å². The molecule has 0 aliphatic carbocycles. The second-order valence-corrected chi connectivity index (χ2v) is 4.03. The molecule has 5 nitrogen and oxygen atoms in total. The van der Waals surface area contributed by atoms with Crippen molar-refractivity contribution >= 4 is 5.91 Å². The maximum absolute atomic E-state index is 11.9. The van der Waals surface area contributed by atoms with Gasteiger partial charge >= 0.3 is 0 Å². The van der Waals surface area contributed by atoms with Gasteiger partial charge in [-0.1, -0.05) is 30.3 Å². The van der Waals surface area contributed by atoms with E-state index in [0.717, 1.165) is 10.6 Å². The molecule has 0 saturated carbocycles. The summed E-state index contributed by atoms with van der Waals surface area (Å²) in [5.41, 5.74) is 7.10. The first-order chi connectivity index (χ1) is 8.60. The number of hydrogen-bond donors (Lipinski definition) is 1.